The Morgan fingerprint density at radius 1 is 0.361 bits per heavy atom. The number of hydrogen-bond acceptors (Lipinski definition) is 2. The van der Waals surface area contributed by atoms with Gasteiger partial charge in [0.1, 0.15) is 0 Å². The average Bonchev–Trinajstić information content (AvgIpc) is 3.02. The van der Waals surface area contributed by atoms with E-state index < -0.39 is 10.3 Å². The molecule has 0 saturated carbocycles. The summed E-state index contributed by atoms with van der Waals surface area (Å²) in [4.78, 5) is 19.1. The molecule has 0 bridgehead atoms. The number of rotatable bonds is 6. The molecule has 0 aliphatic rings. The fourth-order valence-electron chi connectivity index (χ4n) is 8.27. The zero-order valence-electron chi connectivity index (χ0n) is 45.1. The lowest BCUT2D eigenvalue weighted by Crippen LogP contribution is -2.33. The molecule has 0 aliphatic carbocycles. The Labute approximate surface area is 380 Å². The SMILES string of the molecule is CCCC(=O)OS(c1c(C(C)(C)C)cc(C(C)(C)C)cc1C(C)(C)C)(c1c(C(C)(C)C)cc(C(C)(C)C)cc1C(C)(C)C)c1c(C(C)(C)C)cc(C(C)(C)C)cc1C(C)(C)C. The molecule has 0 aromatic heterocycles. The number of carbonyl (C=O) groups excluding carboxylic acids is 1. The van der Waals surface area contributed by atoms with E-state index in [0.717, 1.165) is 0 Å². The first-order valence-corrected chi connectivity index (χ1v) is 25.0. The van der Waals surface area contributed by atoms with Crippen molar-refractivity contribution in [2.75, 3.05) is 0 Å². The van der Waals surface area contributed by atoms with Gasteiger partial charge in [0.05, 0.1) is 0 Å². The van der Waals surface area contributed by atoms with Crippen molar-refractivity contribution in [3.63, 3.8) is 0 Å². The molecule has 0 atom stereocenters. The third kappa shape index (κ3) is 11.2. The summed E-state index contributed by atoms with van der Waals surface area (Å²) >= 11 is 0. The number of hydrogen-bond donors (Lipinski definition) is 0. The van der Waals surface area contributed by atoms with Gasteiger partial charge < -0.3 is 4.18 Å². The van der Waals surface area contributed by atoms with Crippen molar-refractivity contribution < 1.29 is 8.98 Å². The third-order valence-electron chi connectivity index (χ3n) is 12.2. The second kappa shape index (κ2) is 16.5. The summed E-state index contributed by atoms with van der Waals surface area (Å²) in [5.74, 6) is -0.128. The maximum absolute atomic E-state index is 15.4. The van der Waals surface area contributed by atoms with Crippen LogP contribution in [0.5, 0.6) is 0 Å². The van der Waals surface area contributed by atoms with E-state index in [-0.39, 0.29) is 54.7 Å². The molecule has 0 unspecified atom stereocenters. The van der Waals surface area contributed by atoms with Crippen molar-refractivity contribution in [3.05, 3.63) is 86.5 Å². The van der Waals surface area contributed by atoms with Crippen molar-refractivity contribution in [2.45, 2.75) is 270 Å². The summed E-state index contributed by atoms with van der Waals surface area (Å²) in [6.45, 7) is 65.9. The van der Waals surface area contributed by atoms with Gasteiger partial charge in [0.15, 0.2) is 0 Å². The predicted molar refractivity (Wildman–Crippen MR) is 271 cm³/mol. The second-order valence-corrected chi connectivity index (χ2v) is 30.2. The van der Waals surface area contributed by atoms with E-state index in [2.05, 4.69) is 230 Å². The van der Waals surface area contributed by atoms with Crippen LogP contribution >= 0.6 is 10.3 Å². The van der Waals surface area contributed by atoms with Gasteiger partial charge in [0, 0.05) is 21.1 Å². The Bertz CT molecular complexity index is 1750. The van der Waals surface area contributed by atoms with E-state index >= 15 is 4.79 Å². The fraction of sp³-hybridized carbons (Fsp3) is 0.672. The second-order valence-electron chi connectivity index (χ2n) is 27.7. The molecule has 3 aromatic carbocycles. The fourth-order valence-corrected chi connectivity index (χ4v) is 13.5. The van der Waals surface area contributed by atoms with Crippen molar-refractivity contribution in [2.24, 2.45) is 0 Å². The van der Waals surface area contributed by atoms with Crippen LogP contribution in [-0.4, -0.2) is 5.97 Å². The van der Waals surface area contributed by atoms with E-state index in [0.29, 0.717) is 12.8 Å². The molecule has 61 heavy (non-hydrogen) atoms. The lowest BCUT2D eigenvalue weighted by molar-refractivity contribution is -0.133. The monoisotopic (exact) mass is 855 g/mol. The summed E-state index contributed by atoms with van der Waals surface area (Å²) in [7, 11) is -2.97. The van der Waals surface area contributed by atoms with Crippen molar-refractivity contribution in [3.8, 4) is 0 Å². The zero-order chi connectivity index (χ0) is 47.9. The normalized spacial score (nSPS) is 14.7. The van der Waals surface area contributed by atoms with Crippen molar-refractivity contribution in [1.29, 1.82) is 0 Å². The number of carbonyl (C=O) groups is 1. The Kier molecular flexibility index (Phi) is 14.3. The summed E-state index contributed by atoms with van der Waals surface area (Å²) in [6, 6.07) is 15.0. The molecule has 0 fully saturated rings. The first-order valence-electron chi connectivity index (χ1n) is 23.5. The van der Waals surface area contributed by atoms with Gasteiger partial charge in [-0.15, -0.1) is 0 Å². The molecule has 3 aromatic rings. The van der Waals surface area contributed by atoms with E-state index in [1.165, 1.54) is 64.8 Å². The molecule has 2 nitrogen and oxygen atoms in total. The van der Waals surface area contributed by atoms with E-state index in [1.54, 1.807) is 0 Å². The number of benzene rings is 3. The van der Waals surface area contributed by atoms with Crippen LogP contribution in [0.3, 0.4) is 0 Å². The van der Waals surface area contributed by atoms with Gasteiger partial charge in [-0.25, -0.2) is 0 Å². The minimum atomic E-state index is -2.97. The largest absolute Gasteiger partial charge is 0.402 e. The Hall–Kier alpha value is -2.52. The van der Waals surface area contributed by atoms with Crippen molar-refractivity contribution in [1.82, 2.24) is 0 Å². The molecule has 0 N–H and O–H groups in total. The van der Waals surface area contributed by atoms with Gasteiger partial charge in [-0.05, 0) is 116 Å². The Morgan fingerprint density at radius 3 is 0.672 bits per heavy atom. The van der Waals surface area contributed by atoms with Crippen LogP contribution in [0.2, 0.25) is 0 Å². The summed E-state index contributed by atoms with van der Waals surface area (Å²) in [5, 5.41) is 0. The van der Waals surface area contributed by atoms with Crippen LogP contribution in [-0.2, 0) is 57.7 Å². The highest BCUT2D eigenvalue weighted by Gasteiger charge is 2.52. The highest BCUT2D eigenvalue weighted by Crippen LogP contribution is 2.78. The quantitative estimate of drug-likeness (QED) is 0.247. The van der Waals surface area contributed by atoms with E-state index in [9.17, 15) is 0 Å². The molecule has 0 spiro atoms. The maximum atomic E-state index is 15.4. The molecule has 0 amide bonds. The molecule has 0 saturated heterocycles. The molecule has 0 heterocycles. The van der Waals surface area contributed by atoms with Crippen LogP contribution in [0.4, 0.5) is 0 Å². The first kappa shape index (κ1) is 52.8. The zero-order valence-corrected chi connectivity index (χ0v) is 45.9. The minimum Gasteiger partial charge on any atom is -0.402 e. The van der Waals surface area contributed by atoms with Gasteiger partial charge in [-0.1, -0.05) is 230 Å². The average molecular weight is 855 g/mol. The van der Waals surface area contributed by atoms with Crippen LogP contribution in [0.15, 0.2) is 51.1 Å². The van der Waals surface area contributed by atoms with Gasteiger partial charge in [-0.3, -0.25) is 4.79 Å². The smallest absolute Gasteiger partial charge is 0.317 e. The standard InChI is InChI=1S/C58H94O2S/c1-29-30-46(59)60-61(47-40(53(11,12)13)31-37(50(2,3)4)32-41(47)54(14,15)16,48-42(55(17,18)19)33-38(51(5,6)7)34-43(48)56(20,21)22)49-44(57(23,24)25)35-39(52(8,9)10)36-45(49)58(26,27)28/h31-36H,29-30H2,1-28H3. The Morgan fingerprint density at radius 2 is 0.541 bits per heavy atom. The van der Waals surface area contributed by atoms with Crippen LogP contribution in [0.1, 0.15) is 257 Å². The van der Waals surface area contributed by atoms with Crippen LogP contribution in [0, 0.1) is 0 Å². The molecule has 344 valence electrons. The molecule has 3 heteroatoms. The molecule has 3 rings (SSSR count). The van der Waals surface area contributed by atoms with Crippen LogP contribution in [0.25, 0.3) is 0 Å². The minimum absolute atomic E-state index is 0.113. The van der Waals surface area contributed by atoms with Crippen molar-refractivity contribution >= 4 is 16.3 Å². The van der Waals surface area contributed by atoms with Gasteiger partial charge >= 0.3 is 5.97 Å². The van der Waals surface area contributed by atoms with Gasteiger partial charge in [0.25, 0.3) is 0 Å². The lowest BCUT2D eigenvalue weighted by atomic mass is 9.75. The van der Waals surface area contributed by atoms with E-state index in [1.807, 2.05) is 0 Å². The maximum Gasteiger partial charge on any atom is 0.317 e. The topological polar surface area (TPSA) is 26.3 Å². The molecule has 0 radical (unpaired) electrons. The highest BCUT2D eigenvalue weighted by atomic mass is 32.3. The lowest BCUT2D eigenvalue weighted by Gasteiger charge is -2.52. The summed E-state index contributed by atoms with van der Waals surface area (Å²) in [6.07, 6.45) is 1.05. The first-order chi connectivity index (χ1) is 26.8. The van der Waals surface area contributed by atoms with E-state index in [4.69, 9.17) is 4.18 Å². The molecular weight excluding hydrogens is 761 g/mol. The third-order valence-corrected chi connectivity index (χ3v) is 15.7. The predicted octanol–water partition coefficient (Wildman–Crippen LogP) is 17.9. The van der Waals surface area contributed by atoms with Crippen LogP contribution < -0.4 is 0 Å². The molecule has 0 aliphatic heterocycles. The summed E-state index contributed by atoms with van der Waals surface area (Å²) in [5.41, 5.74) is 9.34. The highest BCUT2D eigenvalue weighted by molar-refractivity contribution is 8.30. The summed E-state index contributed by atoms with van der Waals surface area (Å²) < 4.78 is 8.07. The van der Waals surface area contributed by atoms with Gasteiger partial charge in [-0.2, -0.15) is 0 Å². The molecular formula is C58H94O2S. The Balaban J connectivity index is 3.39. The van der Waals surface area contributed by atoms with Gasteiger partial charge in [0.2, 0.25) is 0 Å².